The van der Waals surface area contributed by atoms with Crippen molar-refractivity contribution in [3.8, 4) is 5.75 Å². The van der Waals surface area contributed by atoms with E-state index in [-0.39, 0.29) is 5.69 Å². The van der Waals surface area contributed by atoms with Crippen LogP contribution in [0, 0.1) is 5.92 Å². The number of aliphatic carboxylic acids is 1. The van der Waals surface area contributed by atoms with E-state index in [4.69, 9.17) is 5.11 Å². The maximum absolute atomic E-state index is 12.2. The molecule has 5 nitrogen and oxygen atoms in total. The SMILES string of the molecule is CC(C(=O)O)C(=O)Nc1ccc(Br)cc1OC(F)(F)F. The molecule has 0 radical (unpaired) electrons. The lowest BCUT2D eigenvalue weighted by Gasteiger charge is -2.15. The van der Waals surface area contributed by atoms with Crippen molar-refractivity contribution in [2.24, 2.45) is 5.92 Å². The van der Waals surface area contributed by atoms with E-state index < -0.39 is 29.9 Å². The summed E-state index contributed by atoms with van der Waals surface area (Å²) in [5.74, 6) is -4.39. The quantitative estimate of drug-likeness (QED) is 0.814. The molecule has 9 heteroatoms. The predicted octanol–water partition coefficient (Wildman–Crippen LogP) is 3.01. The number of benzene rings is 1. The van der Waals surface area contributed by atoms with E-state index in [2.05, 4.69) is 26.0 Å². The molecule has 0 aromatic heterocycles. The molecule has 110 valence electrons. The highest BCUT2D eigenvalue weighted by molar-refractivity contribution is 9.10. The van der Waals surface area contributed by atoms with Crippen molar-refractivity contribution >= 4 is 33.5 Å². The smallest absolute Gasteiger partial charge is 0.481 e. The van der Waals surface area contributed by atoms with E-state index in [1.807, 2.05) is 0 Å². The lowest BCUT2D eigenvalue weighted by atomic mass is 10.1. The third kappa shape index (κ3) is 4.72. The molecule has 0 saturated carbocycles. The Balaban J connectivity index is 3.00. The number of carbonyl (C=O) groups is 2. The molecule has 0 heterocycles. The lowest BCUT2D eigenvalue weighted by Crippen LogP contribution is -2.27. The van der Waals surface area contributed by atoms with E-state index in [1.165, 1.54) is 6.07 Å². The van der Waals surface area contributed by atoms with Gasteiger partial charge in [0.25, 0.3) is 0 Å². The summed E-state index contributed by atoms with van der Waals surface area (Å²) in [6.45, 7) is 1.11. The van der Waals surface area contributed by atoms with Gasteiger partial charge in [-0.2, -0.15) is 0 Å². The van der Waals surface area contributed by atoms with Crippen molar-refractivity contribution in [1.82, 2.24) is 0 Å². The van der Waals surface area contributed by atoms with E-state index in [1.54, 1.807) is 0 Å². The van der Waals surface area contributed by atoms with Gasteiger partial charge in [0, 0.05) is 4.47 Å². The Labute approximate surface area is 119 Å². The number of carboxylic acid groups (broad SMARTS) is 1. The molecule has 1 aromatic rings. The minimum atomic E-state index is -4.93. The Morgan fingerprint density at radius 2 is 2.00 bits per heavy atom. The molecule has 20 heavy (non-hydrogen) atoms. The van der Waals surface area contributed by atoms with Gasteiger partial charge in [0.05, 0.1) is 5.69 Å². The minimum absolute atomic E-state index is 0.274. The zero-order valence-corrected chi connectivity index (χ0v) is 11.6. The molecule has 1 aromatic carbocycles. The second kappa shape index (κ2) is 6.12. The van der Waals surface area contributed by atoms with Crippen LogP contribution < -0.4 is 10.1 Å². The van der Waals surface area contributed by atoms with Gasteiger partial charge in [0.15, 0.2) is 5.75 Å². The van der Waals surface area contributed by atoms with Crippen LogP contribution in [0.3, 0.4) is 0 Å². The number of rotatable bonds is 4. The predicted molar refractivity (Wildman–Crippen MR) is 66.3 cm³/mol. The number of hydrogen-bond acceptors (Lipinski definition) is 3. The maximum atomic E-state index is 12.2. The summed E-state index contributed by atoms with van der Waals surface area (Å²) in [5.41, 5.74) is -0.274. The summed E-state index contributed by atoms with van der Waals surface area (Å²) < 4.78 is 40.8. The van der Waals surface area contributed by atoms with Crippen LogP contribution in [-0.4, -0.2) is 23.3 Å². The minimum Gasteiger partial charge on any atom is -0.481 e. The number of carboxylic acids is 1. The molecular formula is C11H9BrF3NO4. The van der Waals surface area contributed by atoms with Crippen molar-refractivity contribution in [1.29, 1.82) is 0 Å². The molecule has 0 aliphatic rings. The van der Waals surface area contributed by atoms with Crippen LogP contribution >= 0.6 is 15.9 Å². The van der Waals surface area contributed by atoms with Gasteiger partial charge in [-0.3, -0.25) is 9.59 Å². The Morgan fingerprint density at radius 1 is 1.40 bits per heavy atom. The van der Waals surface area contributed by atoms with Crippen molar-refractivity contribution < 1.29 is 32.6 Å². The highest BCUT2D eigenvalue weighted by Gasteiger charge is 2.33. The number of halogens is 4. The highest BCUT2D eigenvalue weighted by atomic mass is 79.9. The zero-order chi connectivity index (χ0) is 15.5. The normalized spacial score (nSPS) is 12.7. The fourth-order valence-electron chi connectivity index (χ4n) is 1.16. The van der Waals surface area contributed by atoms with Crippen LogP contribution in [0.15, 0.2) is 22.7 Å². The molecule has 0 aliphatic heterocycles. The Kier molecular flexibility index (Phi) is 4.98. The number of ether oxygens (including phenoxy) is 1. The van der Waals surface area contributed by atoms with Gasteiger partial charge in [-0.15, -0.1) is 13.2 Å². The Hall–Kier alpha value is -1.77. The van der Waals surface area contributed by atoms with Crippen LogP contribution in [0.2, 0.25) is 0 Å². The monoisotopic (exact) mass is 355 g/mol. The van der Waals surface area contributed by atoms with Crippen LogP contribution in [0.5, 0.6) is 5.75 Å². The van der Waals surface area contributed by atoms with Crippen LogP contribution in [0.1, 0.15) is 6.92 Å². The number of hydrogen-bond donors (Lipinski definition) is 2. The Bertz CT molecular complexity index is 533. The first-order valence-electron chi connectivity index (χ1n) is 5.19. The van der Waals surface area contributed by atoms with Gasteiger partial charge in [-0.05, 0) is 25.1 Å². The molecule has 0 saturated heterocycles. The van der Waals surface area contributed by atoms with E-state index >= 15 is 0 Å². The summed E-state index contributed by atoms with van der Waals surface area (Å²) in [4.78, 5) is 22.1. The molecule has 1 unspecified atom stereocenters. The van der Waals surface area contributed by atoms with Gasteiger partial charge < -0.3 is 15.2 Å². The van der Waals surface area contributed by atoms with Gasteiger partial charge in [-0.25, -0.2) is 0 Å². The number of alkyl halides is 3. The topological polar surface area (TPSA) is 75.6 Å². The molecule has 0 spiro atoms. The third-order valence-corrected chi connectivity index (χ3v) is 2.68. The standard InChI is InChI=1S/C11H9BrF3NO4/c1-5(10(18)19)9(17)16-7-3-2-6(12)4-8(7)20-11(13,14)15/h2-5H,1H3,(H,16,17)(H,18,19). The molecular weight excluding hydrogens is 347 g/mol. The third-order valence-electron chi connectivity index (χ3n) is 2.19. The molecule has 2 N–H and O–H groups in total. The van der Waals surface area contributed by atoms with Crippen LogP contribution in [0.4, 0.5) is 18.9 Å². The summed E-state index contributed by atoms with van der Waals surface area (Å²) in [7, 11) is 0. The first-order valence-corrected chi connectivity index (χ1v) is 5.98. The van der Waals surface area contributed by atoms with Crippen LogP contribution in [-0.2, 0) is 9.59 Å². The number of nitrogens with one attached hydrogen (secondary N) is 1. The first kappa shape index (κ1) is 16.3. The largest absolute Gasteiger partial charge is 0.573 e. The molecule has 0 aliphatic carbocycles. The van der Waals surface area contributed by atoms with Crippen molar-refractivity contribution in [3.05, 3.63) is 22.7 Å². The summed E-state index contributed by atoms with van der Waals surface area (Å²) in [5, 5.41) is 10.7. The molecule has 0 fully saturated rings. The van der Waals surface area contributed by atoms with E-state index in [9.17, 15) is 22.8 Å². The van der Waals surface area contributed by atoms with E-state index in [0.717, 1.165) is 19.1 Å². The molecule has 0 bridgehead atoms. The summed E-state index contributed by atoms with van der Waals surface area (Å²) >= 11 is 2.97. The fourth-order valence-corrected chi connectivity index (χ4v) is 1.50. The fraction of sp³-hybridized carbons (Fsp3) is 0.273. The molecule has 1 atom stereocenters. The average molecular weight is 356 g/mol. The summed E-state index contributed by atoms with van der Waals surface area (Å²) in [6.07, 6.45) is -4.93. The van der Waals surface area contributed by atoms with Crippen molar-refractivity contribution in [2.75, 3.05) is 5.32 Å². The average Bonchev–Trinajstić information content (AvgIpc) is 2.29. The van der Waals surface area contributed by atoms with Gasteiger partial charge in [0.1, 0.15) is 5.92 Å². The highest BCUT2D eigenvalue weighted by Crippen LogP contribution is 2.33. The summed E-state index contributed by atoms with van der Waals surface area (Å²) in [6, 6.07) is 3.55. The van der Waals surface area contributed by atoms with E-state index in [0.29, 0.717) is 4.47 Å². The van der Waals surface area contributed by atoms with Gasteiger partial charge >= 0.3 is 12.3 Å². The van der Waals surface area contributed by atoms with Gasteiger partial charge in [0.2, 0.25) is 5.91 Å². The van der Waals surface area contributed by atoms with Crippen LogP contribution in [0.25, 0.3) is 0 Å². The molecule has 1 rings (SSSR count). The maximum Gasteiger partial charge on any atom is 0.573 e. The number of amides is 1. The van der Waals surface area contributed by atoms with Gasteiger partial charge in [-0.1, -0.05) is 15.9 Å². The second-order valence-corrected chi connectivity index (χ2v) is 4.65. The number of carbonyl (C=O) groups excluding carboxylic acids is 1. The van der Waals surface area contributed by atoms with Crippen molar-refractivity contribution in [2.45, 2.75) is 13.3 Å². The first-order chi connectivity index (χ1) is 9.10. The second-order valence-electron chi connectivity index (χ2n) is 3.74. The number of anilines is 1. The molecule has 1 amide bonds. The van der Waals surface area contributed by atoms with Crippen molar-refractivity contribution in [3.63, 3.8) is 0 Å². The Morgan fingerprint density at radius 3 is 2.50 bits per heavy atom. The lowest BCUT2D eigenvalue weighted by molar-refractivity contribution is -0.274. The zero-order valence-electron chi connectivity index (χ0n) is 9.99.